The lowest BCUT2D eigenvalue weighted by atomic mass is 10.0. The van der Waals surface area contributed by atoms with Crippen molar-refractivity contribution in [3.63, 3.8) is 0 Å². The number of benzene rings is 3. The van der Waals surface area contributed by atoms with Gasteiger partial charge in [-0.05, 0) is 34.9 Å². The summed E-state index contributed by atoms with van der Waals surface area (Å²) in [5.74, 6) is 0.818. The molecule has 24 heavy (non-hydrogen) atoms. The Hall–Kier alpha value is -3.13. The molecule has 0 amide bonds. The van der Waals surface area contributed by atoms with Crippen LogP contribution in [0, 0.1) is 0 Å². The molecule has 0 saturated heterocycles. The summed E-state index contributed by atoms with van der Waals surface area (Å²) in [5.41, 5.74) is 4.46. The molecular weight excluding hydrogens is 294 g/mol. The minimum absolute atomic E-state index is 0.524. The van der Waals surface area contributed by atoms with E-state index >= 15 is 0 Å². The highest BCUT2D eigenvalue weighted by Gasteiger charge is 2.04. The van der Waals surface area contributed by atoms with Gasteiger partial charge in [0.2, 0.25) is 0 Å². The average molecular weight is 311 g/mol. The van der Waals surface area contributed by atoms with Crippen molar-refractivity contribution in [3.05, 3.63) is 96.7 Å². The quantitative estimate of drug-likeness (QED) is 0.498. The molecule has 0 radical (unpaired) electrons. The highest BCUT2D eigenvalue weighted by atomic mass is 16.5. The Bertz CT molecular complexity index is 958. The molecule has 2 nitrogen and oxygen atoms in total. The Kier molecular flexibility index (Phi) is 3.95. The second-order valence-electron chi connectivity index (χ2n) is 5.69. The van der Waals surface area contributed by atoms with Crippen LogP contribution in [0.5, 0.6) is 5.75 Å². The maximum Gasteiger partial charge on any atom is 0.146 e. The van der Waals surface area contributed by atoms with E-state index in [1.165, 1.54) is 11.1 Å². The van der Waals surface area contributed by atoms with Gasteiger partial charge in [-0.25, -0.2) is 0 Å². The molecule has 2 heteroatoms. The van der Waals surface area contributed by atoms with E-state index in [1.807, 2.05) is 36.4 Å². The predicted molar refractivity (Wildman–Crippen MR) is 98.0 cm³/mol. The summed E-state index contributed by atoms with van der Waals surface area (Å²) in [6, 6.07) is 28.8. The lowest BCUT2D eigenvalue weighted by molar-refractivity contribution is 0.309. The van der Waals surface area contributed by atoms with Crippen molar-refractivity contribution in [1.82, 2.24) is 4.98 Å². The summed E-state index contributed by atoms with van der Waals surface area (Å²) in [6.45, 7) is 0.524. The molecule has 4 rings (SSSR count). The smallest absolute Gasteiger partial charge is 0.146 e. The number of rotatable bonds is 4. The molecule has 0 aliphatic carbocycles. The predicted octanol–water partition coefficient (Wildman–Crippen LogP) is 5.48. The number of para-hydroxylation sites is 1. The number of aromatic nitrogens is 1. The van der Waals surface area contributed by atoms with Crippen molar-refractivity contribution >= 4 is 10.9 Å². The van der Waals surface area contributed by atoms with Gasteiger partial charge in [-0.15, -0.1) is 0 Å². The highest BCUT2D eigenvalue weighted by molar-refractivity contribution is 5.84. The van der Waals surface area contributed by atoms with Crippen LogP contribution < -0.4 is 4.74 Å². The van der Waals surface area contributed by atoms with Crippen molar-refractivity contribution in [2.75, 3.05) is 0 Å². The monoisotopic (exact) mass is 311 g/mol. The zero-order valence-electron chi connectivity index (χ0n) is 13.2. The first-order valence-corrected chi connectivity index (χ1v) is 8.01. The first-order valence-electron chi connectivity index (χ1n) is 8.01. The van der Waals surface area contributed by atoms with E-state index in [-0.39, 0.29) is 0 Å². The Balaban J connectivity index is 1.58. The number of pyridine rings is 1. The summed E-state index contributed by atoms with van der Waals surface area (Å²) in [5, 5.41) is 1.09. The molecule has 0 aliphatic rings. The van der Waals surface area contributed by atoms with Gasteiger partial charge in [-0.3, -0.25) is 4.98 Å². The van der Waals surface area contributed by atoms with Gasteiger partial charge in [0.25, 0.3) is 0 Å². The van der Waals surface area contributed by atoms with Crippen LogP contribution in [-0.2, 0) is 6.61 Å². The van der Waals surface area contributed by atoms with Crippen LogP contribution in [0.15, 0.2) is 91.1 Å². The molecular formula is C22H17NO. The van der Waals surface area contributed by atoms with E-state index in [0.29, 0.717) is 6.61 Å². The van der Waals surface area contributed by atoms with Gasteiger partial charge >= 0.3 is 0 Å². The van der Waals surface area contributed by atoms with Crippen LogP contribution in [0.25, 0.3) is 22.0 Å². The number of nitrogens with zero attached hydrogens (tertiary/aromatic N) is 1. The summed E-state index contributed by atoms with van der Waals surface area (Å²) >= 11 is 0. The van der Waals surface area contributed by atoms with Gasteiger partial charge in [-0.1, -0.05) is 66.7 Å². The Morgan fingerprint density at radius 3 is 2.42 bits per heavy atom. The standard InChI is InChI=1S/C22H17NO/c1-2-8-18(9-3-1)20-11-4-7-17(15-20)16-24-21-13-5-10-19-12-6-14-23-22(19)21/h1-15H,16H2. The van der Waals surface area contributed by atoms with Crippen LogP contribution >= 0.6 is 0 Å². The third-order valence-corrected chi connectivity index (χ3v) is 4.02. The van der Waals surface area contributed by atoms with E-state index in [9.17, 15) is 0 Å². The lowest BCUT2D eigenvalue weighted by Gasteiger charge is -2.10. The number of ether oxygens (including phenoxy) is 1. The lowest BCUT2D eigenvalue weighted by Crippen LogP contribution is -1.97. The van der Waals surface area contributed by atoms with Crippen LogP contribution in [0.2, 0.25) is 0 Å². The molecule has 4 aromatic rings. The van der Waals surface area contributed by atoms with Crippen LogP contribution in [0.3, 0.4) is 0 Å². The fourth-order valence-electron chi connectivity index (χ4n) is 2.83. The van der Waals surface area contributed by atoms with Crippen LogP contribution in [0.1, 0.15) is 5.56 Å². The van der Waals surface area contributed by atoms with Crippen LogP contribution in [0.4, 0.5) is 0 Å². The van der Waals surface area contributed by atoms with Gasteiger partial charge in [0.1, 0.15) is 17.9 Å². The van der Waals surface area contributed by atoms with E-state index in [1.54, 1.807) is 6.20 Å². The van der Waals surface area contributed by atoms with Gasteiger partial charge in [0.15, 0.2) is 0 Å². The topological polar surface area (TPSA) is 22.1 Å². The molecule has 1 aromatic heterocycles. The fraction of sp³-hybridized carbons (Fsp3) is 0.0455. The van der Waals surface area contributed by atoms with Gasteiger partial charge in [-0.2, -0.15) is 0 Å². The Labute approximate surface area is 141 Å². The van der Waals surface area contributed by atoms with Crippen molar-refractivity contribution in [1.29, 1.82) is 0 Å². The minimum Gasteiger partial charge on any atom is -0.487 e. The summed E-state index contributed by atoms with van der Waals surface area (Å²) in [4.78, 5) is 4.43. The van der Waals surface area contributed by atoms with E-state index in [4.69, 9.17) is 4.74 Å². The molecule has 0 aliphatic heterocycles. The molecule has 0 unspecified atom stereocenters. The SMILES string of the molecule is c1ccc(-c2cccc(COc3cccc4cccnc34)c2)cc1. The first-order chi connectivity index (χ1) is 11.9. The minimum atomic E-state index is 0.524. The number of hydrogen-bond acceptors (Lipinski definition) is 2. The summed E-state index contributed by atoms with van der Waals surface area (Å²) < 4.78 is 6.03. The number of hydrogen-bond donors (Lipinski definition) is 0. The largest absolute Gasteiger partial charge is 0.487 e. The molecule has 3 aromatic carbocycles. The van der Waals surface area contributed by atoms with Crippen molar-refractivity contribution in [2.45, 2.75) is 6.61 Å². The molecule has 0 fully saturated rings. The Morgan fingerprint density at radius 1 is 0.708 bits per heavy atom. The van der Waals surface area contributed by atoms with Gasteiger partial charge in [0.05, 0.1) is 0 Å². The van der Waals surface area contributed by atoms with E-state index < -0.39 is 0 Å². The third kappa shape index (κ3) is 2.99. The molecule has 0 N–H and O–H groups in total. The van der Waals surface area contributed by atoms with Crippen molar-refractivity contribution in [3.8, 4) is 16.9 Å². The first kappa shape index (κ1) is 14.5. The zero-order valence-corrected chi connectivity index (χ0v) is 13.2. The molecule has 0 spiro atoms. The normalized spacial score (nSPS) is 10.7. The molecule has 0 bridgehead atoms. The summed E-state index contributed by atoms with van der Waals surface area (Å²) in [6.07, 6.45) is 1.80. The van der Waals surface area contributed by atoms with Gasteiger partial charge < -0.3 is 4.74 Å². The molecule has 116 valence electrons. The highest BCUT2D eigenvalue weighted by Crippen LogP contribution is 2.25. The molecule has 0 saturated carbocycles. The Morgan fingerprint density at radius 2 is 1.50 bits per heavy atom. The maximum absolute atomic E-state index is 6.03. The van der Waals surface area contributed by atoms with Crippen molar-refractivity contribution in [2.24, 2.45) is 0 Å². The van der Waals surface area contributed by atoms with Crippen LogP contribution in [-0.4, -0.2) is 4.98 Å². The third-order valence-electron chi connectivity index (χ3n) is 4.02. The zero-order chi connectivity index (χ0) is 16.2. The fourth-order valence-corrected chi connectivity index (χ4v) is 2.83. The number of fused-ring (bicyclic) bond motifs is 1. The van der Waals surface area contributed by atoms with Gasteiger partial charge in [0, 0.05) is 11.6 Å². The van der Waals surface area contributed by atoms with Crippen molar-refractivity contribution < 1.29 is 4.74 Å². The molecule has 1 heterocycles. The second kappa shape index (κ2) is 6.55. The van der Waals surface area contributed by atoms with E-state index in [0.717, 1.165) is 22.2 Å². The second-order valence-corrected chi connectivity index (χ2v) is 5.69. The van der Waals surface area contributed by atoms with E-state index in [2.05, 4.69) is 53.5 Å². The maximum atomic E-state index is 6.03. The molecule has 0 atom stereocenters. The average Bonchev–Trinajstić information content (AvgIpc) is 2.67. The summed E-state index contributed by atoms with van der Waals surface area (Å²) in [7, 11) is 0.